The van der Waals surface area contributed by atoms with Gasteiger partial charge in [-0.05, 0) is 55.7 Å². The van der Waals surface area contributed by atoms with Crippen LogP contribution < -0.4 is 0 Å². The maximum absolute atomic E-state index is 11.1. The Morgan fingerprint density at radius 3 is 2.50 bits per heavy atom. The molecule has 0 saturated heterocycles. The quantitative estimate of drug-likeness (QED) is 0.359. The summed E-state index contributed by atoms with van der Waals surface area (Å²) in [5, 5.41) is 0. The van der Waals surface area contributed by atoms with E-state index in [1.54, 1.807) is 0 Å². The number of allylic oxidation sites excluding steroid dienone is 10. The van der Waals surface area contributed by atoms with E-state index < -0.39 is 0 Å². The summed E-state index contributed by atoms with van der Waals surface area (Å²) in [6.45, 7) is 14.9. The van der Waals surface area contributed by atoms with E-state index in [4.69, 9.17) is 0 Å². The molecule has 0 unspecified atom stereocenters. The first-order chi connectivity index (χ1) is 11.2. The van der Waals surface area contributed by atoms with Crippen molar-refractivity contribution in [2.24, 2.45) is 5.41 Å². The highest BCUT2D eigenvalue weighted by atomic mass is 16.5. The molecule has 130 valence electrons. The molecule has 24 heavy (non-hydrogen) atoms. The van der Waals surface area contributed by atoms with Crippen LogP contribution in [0.15, 0.2) is 70.9 Å². The summed E-state index contributed by atoms with van der Waals surface area (Å²) in [5.41, 5.74) is 6.15. The third-order valence-corrected chi connectivity index (χ3v) is 4.49. The first-order valence-corrected chi connectivity index (χ1v) is 8.36. The van der Waals surface area contributed by atoms with Gasteiger partial charge in [-0.3, -0.25) is 0 Å². The van der Waals surface area contributed by atoms with Gasteiger partial charge in [0.15, 0.2) is 0 Å². The van der Waals surface area contributed by atoms with Crippen LogP contribution in [0.25, 0.3) is 0 Å². The first kappa shape index (κ1) is 20.0. The Morgan fingerprint density at radius 1 is 1.21 bits per heavy atom. The number of ether oxygens (including phenoxy) is 1. The second kappa shape index (κ2) is 8.68. The van der Waals surface area contributed by atoms with Crippen LogP contribution in [0, 0.1) is 5.41 Å². The Labute approximate surface area is 147 Å². The smallest absolute Gasteiger partial charge is 0.330 e. The van der Waals surface area contributed by atoms with Crippen molar-refractivity contribution in [2.75, 3.05) is 7.11 Å². The molecule has 0 fully saturated rings. The molecule has 0 heterocycles. The maximum Gasteiger partial charge on any atom is 0.330 e. The second-order valence-corrected chi connectivity index (χ2v) is 7.04. The Bertz CT molecular complexity index is 649. The summed E-state index contributed by atoms with van der Waals surface area (Å²) in [6.07, 6.45) is 13.9. The summed E-state index contributed by atoms with van der Waals surface area (Å²) in [7, 11) is 1.38. The molecule has 0 spiro atoms. The van der Waals surface area contributed by atoms with Crippen LogP contribution in [0.4, 0.5) is 0 Å². The van der Waals surface area contributed by atoms with Gasteiger partial charge in [0.1, 0.15) is 0 Å². The molecule has 0 aromatic heterocycles. The number of esters is 1. The van der Waals surface area contributed by atoms with Crippen molar-refractivity contribution in [1.29, 1.82) is 0 Å². The van der Waals surface area contributed by atoms with Gasteiger partial charge in [0, 0.05) is 6.08 Å². The molecule has 2 nitrogen and oxygen atoms in total. The standard InChI is InChI=1S/C22H30O2/c1-16(9-8-10-17(2)15-21(23)24-7)11-12-20-19(4)18(3)13-14-22(20,5)6/h8-12,15H,3,13-14H2,1-2,4-7H3/b10-8+,12-11+,16-9+,17-15-. The van der Waals surface area contributed by atoms with E-state index in [2.05, 4.69) is 51.2 Å². The van der Waals surface area contributed by atoms with Gasteiger partial charge in [-0.2, -0.15) is 0 Å². The molecule has 0 aromatic carbocycles. The molecule has 1 aliphatic carbocycles. The summed E-state index contributed by atoms with van der Waals surface area (Å²) in [4.78, 5) is 11.1. The monoisotopic (exact) mass is 326 g/mol. The Balaban J connectivity index is 2.86. The number of hydrogen-bond donors (Lipinski definition) is 0. The van der Waals surface area contributed by atoms with E-state index in [9.17, 15) is 4.79 Å². The summed E-state index contributed by atoms with van der Waals surface area (Å²) in [5.74, 6) is -0.333. The molecule has 0 aliphatic heterocycles. The molecule has 0 saturated carbocycles. The van der Waals surface area contributed by atoms with Crippen LogP contribution in [-0.2, 0) is 9.53 Å². The molecule has 0 N–H and O–H groups in total. The van der Waals surface area contributed by atoms with Gasteiger partial charge in [-0.15, -0.1) is 0 Å². The minimum absolute atomic E-state index is 0.192. The minimum atomic E-state index is -0.333. The predicted molar refractivity (Wildman–Crippen MR) is 103 cm³/mol. The number of carbonyl (C=O) groups excluding carboxylic acids is 1. The molecule has 0 aromatic rings. The van der Waals surface area contributed by atoms with E-state index in [0.29, 0.717) is 0 Å². The third kappa shape index (κ3) is 5.84. The van der Waals surface area contributed by atoms with Crippen molar-refractivity contribution >= 4 is 5.97 Å². The van der Waals surface area contributed by atoms with E-state index >= 15 is 0 Å². The van der Waals surface area contributed by atoms with Crippen LogP contribution in [0.5, 0.6) is 0 Å². The molecule has 2 heteroatoms. The van der Waals surface area contributed by atoms with Crippen molar-refractivity contribution in [3.05, 3.63) is 70.9 Å². The Kier molecular flexibility index (Phi) is 7.21. The predicted octanol–water partition coefficient (Wildman–Crippen LogP) is 5.86. The minimum Gasteiger partial charge on any atom is -0.466 e. The zero-order chi connectivity index (χ0) is 18.3. The van der Waals surface area contributed by atoms with Gasteiger partial charge in [-0.1, -0.05) is 62.0 Å². The van der Waals surface area contributed by atoms with Crippen LogP contribution >= 0.6 is 0 Å². The average molecular weight is 326 g/mol. The number of hydrogen-bond acceptors (Lipinski definition) is 2. The molecular formula is C22H30O2. The lowest BCUT2D eigenvalue weighted by Crippen LogP contribution is -2.20. The fourth-order valence-electron chi connectivity index (χ4n) is 2.75. The lowest BCUT2D eigenvalue weighted by molar-refractivity contribution is -0.134. The summed E-state index contributed by atoms with van der Waals surface area (Å²) >= 11 is 0. The van der Waals surface area contributed by atoms with Gasteiger partial charge in [0.2, 0.25) is 0 Å². The van der Waals surface area contributed by atoms with Gasteiger partial charge < -0.3 is 4.74 Å². The molecule has 0 atom stereocenters. The van der Waals surface area contributed by atoms with Crippen LogP contribution in [0.3, 0.4) is 0 Å². The van der Waals surface area contributed by atoms with Gasteiger partial charge >= 0.3 is 5.97 Å². The van der Waals surface area contributed by atoms with Crippen molar-refractivity contribution in [2.45, 2.75) is 47.5 Å². The molecule has 1 rings (SSSR count). The average Bonchev–Trinajstić information content (AvgIpc) is 2.51. The highest BCUT2D eigenvalue weighted by Gasteiger charge is 2.28. The van der Waals surface area contributed by atoms with E-state index in [1.165, 1.54) is 29.9 Å². The van der Waals surface area contributed by atoms with E-state index in [1.807, 2.05) is 25.2 Å². The lowest BCUT2D eigenvalue weighted by atomic mass is 9.71. The number of methoxy groups -OCH3 is 1. The summed E-state index contributed by atoms with van der Waals surface area (Å²) < 4.78 is 4.60. The molecule has 0 radical (unpaired) electrons. The number of carbonyl (C=O) groups is 1. The summed E-state index contributed by atoms with van der Waals surface area (Å²) in [6, 6.07) is 0. The van der Waals surface area contributed by atoms with Gasteiger partial charge in [-0.25, -0.2) is 4.79 Å². The van der Waals surface area contributed by atoms with Crippen LogP contribution in [0.1, 0.15) is 47.5 Å². The molecule has 1 aliphatic rings. The van der Waals surface area contributed by atoms with Gasteiger partial charge in [0.25, 0.3) is 0 Å². The van der Waals surface area contributed by atoms with Crippen molar-refractivity contribution < 1.29 is 9.53 Å². The zero-order valence-electron chi connectivity index (χ0n) is 15.9. The van der Waals surface area contributed by atoms with Crippen molar-refractivity contribution in [3.63, 3.8) is 0 Å². The third-order valence-electron chi connectivity index (χ3n) is 4.49. The fourth-order valence-corrected chi connectivity index (χ4v) is 2.75. The number of rotatable bonds is 5. The van der Waals surface area contributed by atoms with E-state index in [-0.39, 0.29) is 11.4 Å². The van der Waals surface area contributed by atoms with E-state index in [0.717, 1.165) is 24.0 Å². The topological polar surface area (TPSA) is 26.3 Å². The highest BCUT2D eigenvalue weighted by molar-refractivity contribution is 5.83. The zero-order valence-corrected chi connectivity index (χ0v) is 15.9. The normalized spacial score (nSPS) is 19.5. The Hall–Kier alpha value is -2.09. The van der Waals surface area contributed by atoms with Crippen molar-refractivity contribution in [3.8, 4) is 0 Å². The first-order valence-electron chi connectivity index (χ1n) is 8.36. The maximum atomic E-state index is 11.1. The fraction of sp³-hybridized carbons (Fsp3) is 0.409. The molecule has 0 bridgehead atoms. The highest BCUT2D eigenvalue weighted by Crippen LogP contribution is 2.42. The van der Waals surface area contributed by atoms with Crippen molar-refractivity contribution in [1.82, 2.24) is 0 Å². The lowest BCUT2D eigenvalue weighted by Gasteiger charge is -2.34. The second-order valence-electron chi connectivity index (χ2n) is 7.04. The molecule has 0 amide bonds. The van der Waals surface area contributed by atoms with Crippen LogP contribution in [0.2, 0.25) is 0 Å². The Morgan fingerprint density at radius 2 is 1.88 bits per heavy atom. The molecular weight excluding hydrogens is 296 g/mol. The van der Waals surface area contributed by atoms with Crippen LogP contribution in [-0.4, -0.2) is 13.1 Å². The van der Waals surface area contributed by atoms with Gasteiger partial charge in [0.05, 0.1) is 7.11 Å². The SMILES string of the molecule is C=C1CCC(C)(C)C(/C=C/C(C)=C/C=C/C(C)=C\C(=O)OC)=C1C. The largest absolute Gasteiger partial charge is 0.466 e.